The predicted molar refractivity (Wildman–Crippen MR) is 305 cm³/mol. The van der Waals surface area contributed by atoms with Crippen LogP contribution in [0.3, 0.4) is 0 Å². The molecule has 13 aromatic rings. The molecule has 0 atom stereocenters. The average Bonchev–Trinajstić information content (AvgIpc) is 3.97. The zero-order valence-electron chi connectivity index (χ0n) is 40.3. The monoisotopic (exact) mass is 920 g/mol. The van der Waals surface area contributed by atoms with Gasteiger partial charge in [0.2, 0.25) is 0 Å². The van der Waals surface area contributed by atoms with Crippen LogP contribution < -0.4 is 0 Å². The zero-order chi connectivity index (χ0) is 47.3. The Morgan fingerprint density at radius 1 is 0.250 bits per heavy atom. The molecule has 2 heterocycles. The lowest BCUT2D eigenvalue weighted by molar-refractivity contribution is 0.687. The van der Waals surface area contributed by atoms with Crippen molar-refractivity contribution in [3.63, 3.8) is 0 Å². The minimum Gasteiger partial charge on any atom is -0.309 e. The minimum atomic E-state index is 1.11. The van der Waals surface area contributed by atoms with Gasteiger partial charge < -0.3 is 9.13 Å². The van der Waals surface area contributed by atoms with Crippen LogP contribution in [0.2, 0.25) is 0 Å². The van der Waals surface area contributed by atoms with Gasteiger partial charge in [-0.3, -0.25) is 0 Å². The summed E-state index contributed by atoms with van der Waals surface area (Å²) < 4.78 is 4.83. The Hall–Kier alpha value is -8.46. The van der Waals surface area contributed by atoms with Crippen LogP contribution in [0.15, 0.2) is 218 Å². The quantitative estimate of drug-likeness (QED) is 0.147. The van der Waals surface area contributed by atoms with Crippen molar-refractivity contribution in [3.8, 4) is 55.9 Å². The molecule has 2 heteroatoms. The van der Waals surface area contributed by atoms with E-state index in [0.717, 1.165) is 25.7 Å². The molecule has 0 amide bonds. The first-order valence-corrected chi connectivity index (χ1v) is 26.2. The maximum Gasteiger partial charge on any atom is 0.0541 e. The molecule has 0 saturated heterocycles. The second-order valence-electron chi connectivity index (χ2n) is 20.4. The second-order valence-corrected chi connectivity index (χ2v) is 20.4. The van der Waals surface area contributed by atoms with Crippen LogP contribution in [0.4, 0.5) is 0 Å². The fourth-order valence-electron chi connectivity index (χ4n) is 13.2. The highest BCUT2D eigenvalue weighted by Crippen LogP contribution is 2.50. The lowest BCUT2D eigenvalue weighted by Gasteiger charge is -2.26. The van der Waals surface area contributed by atoms with Crippen LogP contribution in [-0.2, 0) is 25.7 Å². The largest absolute Gasteiger partial charge is 0.309 e. The molecule has 15 rings (SSSR count). The smallest absolute Gasteiger partial charge is 0.0541 e. The number of rotatable bonds is 6. The van der Waals surface area contributed by atoms with E-state index in [1.165, 1.54) is 169 Å². The first kappa shape index (κ1) is 41.3. The summed E-state index contributed by atoms with van der Waals surface area (Å²) >= 11 is 0. The number of aromatic nitrogens is 2. The van der Waals surface area contributed by atoms with Crippen molar-refractivity contribution >= 4 is 65.2 Å². The van der Waals surface area contributed by atoms with Gasteiger partial charge in [-0.05, 0) is 212 Å². The maximum absolute atomic E-state index is 2.55. The fourth-order valence-corrected chi connectivity index (χ4v) is 13.2. The zero-order valence-corrected chi connectivity index (χ0v) is 40.3. The third-order valence-electron chi connectivity index (χ3n) is 16.5. The number of aryl methyl sites for hydroxylation is 2. The van der Waals surface area contributed by atoms with E-state index in [0.29, 0.717) is 0 Å². The van der Waals surface area contributed by atoms with Crippen molar-refractivity contribution < 1.29 is 0 Å². The van der Waals surface area contributed by atoms with Crippen molar-refractivity contribution in [3.05, 3.63) is 241 Å². The Morgan fingerprint density at radius 2 is 0.625 bits per heavy atom. The summed E-state index contributed by atoms with van der Waals surface area (Å²) in [4.78, 5) is 0. The van der Waals surface area contributed by atoms with Gasteiger partial charge in [-0.15, -0.1) is 0 Å². The van der Waals surface area contributed by atoms with E-state index in [1.807, 2.05) is 0 Å². The van der Waals surface area contributed by atoms with E-state index in [4.69, 9.17) is 0 Å². The summed E-state index contributed by atoms with van der Waals surface area (Å²) in [5.41, 5.74) is 23.8. The fraction of sp³-hybridized carbons (Fsp3) is 0.114. The van der Waals surface area contributed by atoms with Gasteiger partial charge in [-0.1, -0.05) is 146 Å². The van der Waals surface area contributed by atoms with Gasteiger partial charge in [0, 0.05) is 32.9 Å². The van der Waals surface area contributed by atoms with E-state index >= 15 is 0 Å². The predicted octanol–water partition coefficient (Wildman–Crippen LogP) is 18.6. The van der Waals surface area contributed by atoms with Crippen LogP contribution >= 0.6 is 0 Å². The summed E-state index contributed by atoms with van der Waals surface area (Å²) in [5, 5.41) is 10.4. The molecule has 0 bridgehead atoms. The number of para-hydroxylation sites is 4. The molecule has 342 valence electrons. The summed E-state index contributed by atoms with van der Waals surface area (Å²) in [5.74, 6) is 0. The van der Waals surface area contributed by atoms with E-state index in [2.05, 4.69) is 228 Å². The van der Waals surface area contributed by atoms with E-state index in [9.17, 15) is 0 Å². The number of hydrogen-bond donors (Lipinski definition) is 0. The number of hydrogen-bond acceptors (Lipinski definition) is 0. The van der Waals surface area contributed by atoms with Gasteiger partial charge >= 0.3 is 0 Å². The molecule has 2 aromatic heterocycles. The van der Waals surface area contributed by atoms with Crippen LogP contribution in [-0.4, -0.2) is 9.13 Å². The Kier molecular flexibility index (Phi) is 9.52. The Morgan fingerprint density at radius 3 is 1.08 bits per heavy atom. The minimum absolute atomic E-state index is 1.11. The Bertz CT molecular complexity index is 4040. The molecule has 0 fully saturated rings. The first-order valence-electron chi connectivity index (χ1n) is 26.2. The second kappa shape index (κ2) is 16.6. The maximum atomic E-state index is 2.55. The molecule has 2 aliphatic rings. The lowest BCUT2D eigenvalue weighted by Crippen LogP contribution is -2.06. The highest BCUT2D eigenvalue weighted by Gasteiger charge is 2.25. The van der Waals surface area contributed by atoms with Gasteiger partial charge in [-0.25, -0.2) is 0 Å². The molecule has 0 spiro atoms. The van der Waals surface area contributed by atoms with Crippen molar-refractivity contribution in [2.24, 2.45) is 0 Å². The molecule has 72 heavy (non-hydrogen) atoms. The normalized spacial score (nSPS) is 13.7. The molecule has 2 aliphatic carbocycles. The van der Waals surface area contributed by atoms with Gasteiger partial charge in [-0.2, -0.15) is 0 Å². The number of nitrogens with zero attached hydrogens (tertiary/aromatic N) is 2. The average molecular weight is 921 g/mol. The van der Waals surface area contributed by atoms with Gasteiger partial charge in [0.15, 0.2) is 0 Å². The van der Waals surface area contributed by atoms with Crippen LogP contribution in [0, 0.1) is 0 Å². The Balaban J connectivity index is 1.01. The number of fused-ring (bicyclic) bond motifs is 10. The van der Waals surface area contributed by atoms with E-state index < -0.39 is 0 Å². The first-order chi connectivity index (χ1) is 35.7. The molecule has 11 aromatic carbocycles. The standard InChI is InChI=1S/C70H52N2/c1-3-21-51(22-4-1)71-65-31-13-11-27-55(65)61-41-49(35-39-67(61)71)47-33-37-59-63(43-47)69(57-29-15-19-45-17-7-9-25-53(45)57)60-38-34-48(44-64(60)70(59)58-30-16-20-46-18-8-10-26-54(46)58)50-36-40-68-62(42-50)56-28-12-14-32-66(56)72(68)52-23-5-2-6-24-52/h1-6,11-16,19-24,27-44H,7-10,17-18,25-26H2. The van der Waals surface area contributed by atoms with E-state index in [-0.39, 0.29) is 0 Å². The van der Waals surface area contributed by atoms with Gasteiger partial charge in [0.25, 0.3) is 0 Å². The molecule has 0 saturated carbocycles. The third-order valence-corrected chi connectivity index (χ3v) is 16.5. The molecule has 0 aliphatic heterocycles. The Labute approximate surface area is 420 Å². The highest BCUT2D eigenvalue weighted by molar-refractivity contribution is 6.23. The van der Waals surface area contributed by atoms with Crippen molar-refractivity contribution in [2.45, 2.75) is 51.4 Å². The van der Waals surface area contributed by atoms with Crippen LogP contribution in [0.5, 0.6) is 0 Å². The third kappa shape index (κ3) is 6.41. The molecule has 0 radical (unpaired) electrons. The van der Waals surface area contributed by atoms with Crippen molar-refractivity contribution in [1.29, 1.82) is 0 Å². The summed E-state index contributed by atoms with van der Waals surface area (Å²) in [6, 6.07) is 82.8. The summed E-state index contributed by atoms with van der Waals surface area (Å²) in [6.45, 7) is 0. The summed E-state index contributed by atoms with van der Waals surface area (Å²) in [7, 11) is 0. The molecule has 2 nitrogen and oxygen atoms in total. The SMILES string of the molecule is c1ccc(-n2c3ccccc3c3cc(-c4ccc5c(-c6cccc7c6CCCC7)c6cc(-c7ccc8c(c7)c7ccccc7n8-c7ccccc7)ccc6c(-c6cccc7c6CCCC7)c5c4)ccc32)cc1. The van der Waals surface area contributed by atoms with Crippen LogP contribution in [0.25, 0.3) is 121 Å². The molecule has 0 unspecified atom stereocenters. The topological polar surface area (TPSA) is 9.86 Å². The molecule has 0 N–H and O–H groups in total. The van der Waals surface area contributed by atoms with Crippen molar-refractivity contribution in [1.82, 2.24) is 9.13 Å². The molecular formula is C70H52N2. The van der Waals surface area contributed by atoms with Gasteiger partial charge in [0.1, 0.15) is 0 Å². The highest BCUT2D eigenvalue weighted by atomic mass is 15.0. The van der Waals surface area contributed by atoms with E-state index in [1.54, 1.807) is 0 Å². The van der Waals surface area contributed by atoms with Crippen LogP contribution in [0.1, 0.15) is 47.9 Å². The lowest BCUT2D eigenvalue weighted by atomic mass is 9.78. The van der Waals surface area contributed by atoms with Crippen molar-refractivity contribution in [2.75, 3.05) is 0 Å². The summed E-state index contributed by atoms with van der Waals surface area (Å²) in [6.07, 6.45) is 9.46. The number of benzene rings is 11. The molecular weight excluding hydrogens is 869 g/mol. The van der Waals surface area contributed by atoms with Gasteiger partial charge in [0.05, 0.1) is 22.1 Å².